The largest absolute Gasteiger partial charge is 0.463 e. The number of hydrogen-bond donors (Lipinski definition) is 4. The number of carbonyl (C=O) groups is 2. The van der Waals surface area contributed by atoms with Crippen molar-refractivity contribution in [2.24, 2.45) is 11.8 Å². The van der Waals surface area contributed by atoms with Crippen LogP contribution < -0.4 is 0 Å². The van der Waals surface area contributed by atoms with Gasteiger partial charge in [0, 0.05) is 25.2 Å². The van der Waals surface area contributed by atoms with Crippen LogP contribution in [0.15, 0.2) is 24.3 Å². The molecule has 0 aliphatic carbocycles. The molecule has 1 heterocycles. The summed E-state index contributed by atoms with van der Waals surface area (Å²) in [4.78, 5) is 24.1. The van der Waals surface area contributed by atoms with Crippen LogP contribution in [0.2, 0.25) is 0 Å². The quantitative estimate of drug-likeness (QED) is 0.0335. The average molecular weight is 697 g/mol. The maximum Gasteiger partial charge on any atom is 0.305 e. The fourth-order valence-electron chi connectivity index (χ4n) is 6.04. The number of ether oxygens (including phenoxy) is 3. The molecule has 2 unspecified atom stereocenters. The lowest BCUT2D eigenvalue weighted by Crippen LogP contribution is -2.43. The topological polar surface area (TPSA) is 143 Å². The molecule has 0 amide bonds. The van der Waals surface area contributed by atoms with Crippen LogP contribution in [0, 0.1) is 11.8 Å². The Bertz CT molecular complexity index is 876. The summed E-state index contributed by atoms with van der Waals surface area (Å²) in [7, 11) is 0. The molecule has 1 aliphatic rings. The lowest BCUT2D eigenvalue weighted by atomic mass is 9.87. The van der Waals surface area contributed by atoms with E-state index in [1.807, 2.05) is 12.2 Å². The molecule has 0 saturated carbocycles. The van der Waals surface area contributed by atoms with E-state index in [1.165, 1.54) is 57.8 Å². The predicted octanol–water partition coefficient (Wildman–Crippen LogP) is 7.86. The number of hydrogen-bond acceptors (Lipinski definition) is 9. The molecule has 49 heavy (non-hydrogen) atoms. The Kier molecular flexibility index (Phi) is 27.6. The first-order chi connectivity index (χ1) is 23.7. The number of unbranched alkanes of at least 4 members (excludes halogenated alkanes) is 12. The predicted molar refractivity (Wildman–Crippen MR) is 195 cm³/mol. The zero-order chi connectivity index (χ0) is 36.1. The first-order valence-electron chi connectivity index (χ1n) is 19.7. The fraction of sp³-hybridized carbons (Fsp3) is 0.850. The van der Waals surface area contributed by atoms with Gasteiger partial charge in [0.05, 0.1) is 18.3 Å². The van der Waals surface area contributed by atoms with Crippen molar-refractivity contribution < 1.29 is 44.2 Å². The first kappa shape index (κ1) is 45.2. The maximum atomic E-state index is 12.1. The van der Waals surface area contributed by atoms with Crippen molar-refractivity contribution in [3.8, 4) is 0 Å². The zero-order valence-electron chi connectivity index (χ0n) is 31.2. The highest BCUT2D eigenvalue weighted by atomic mass is 16.6. The molecular formula is C40H72O9. The van der Waals surface area contributed by atoms with Gasteiger partial charge in [-0.05, 0) is 38.0 Å². The third-order valence-electron chi connectivity index (χ3n) is 9.52. The van der Waals surface area contributed by atoms with Crippen LogP contribution in [0.5, 0.6) is 0 Å². The number of aliphatic hydroxyl groups excluding tert-OH is 4. The van der Waals surface area contributed by atoms with E-state index in [9.17, 15) is 30.0 Å². The molecule has 7 atom stereocenters. The maximum absolute atomic E-state index is 12.1. The number of aliphatic hydroxyl groups is 4. The molecule has 9 nitrogen and oxygen atoms in total. The van der Waals surface area contributed by atoms with Gasteiger partial charge >= 0.3 is 11.9 Å². The van der Waals surface area contributed by atoms with Crippen molar-refractivity contribution in [3.05, 3.63) is 24.3 Å². The normalized spacial score (nSPS) is 21.6. The molecular weight excluding hydrogens is 624 g/mol. The standard InChI is InChI=1S/C40H72O9/c1-4-6-17-23-33(41)27-28-37-35(36(43)29-40(46)49-37)24-19-15-16-21-26-39(45)48-31-34(42)30-47-38(44)25-20-14-12-10-8-7-9-11-13-18-22-32(3)5-2/h15,19,27-28,32-37,40-43,46H,4-14,16-18,20-26,29-31H2,1-3H3/b19-15-,28-27+/t32?,33-,34-,35-,36-,37+,40?/m0/s1. The minimum Gasteiger partial charge on any atom is -0.463 e. The van der Waals surface area contributed by atoms with E-state index in [-0.39, 0.29) is 37.9 Å². The lowest BCUT2D eigenvalue weighted by Gasteiger charge is -2.36. The molecule has 1 fully saturated rings. The van der Waals surface area contributed by atoms with Crippen LogP contribution in [0.1, 0.15) is 162 Å². The van der Waals surface area contributed by atoms with Crippen LogP contribution >= 0.6 is 0 Å². The van der Waals surface area contributed by atoms with E-state index < -0.39 is 36.7 Å². The summed E-state index contributed by atoms with van der Waals surface area (Å²) in [5.41, 5.74) is 0. The lowest BCUT2D eigenvalue weighted by molar-refractivity contribution is -0.199. The molecule has 4 N–H and O–H groups in total. The third kappa shape index (κ3) is 24.9. The van der Waals surface area contributed by atoms with E-state index in [4.69, 9.17) is 14.2 Å². The van der Waals surface area contributed by atoms with Gasteiger partial charge in [-0.1, -0.05) is 135 Å². The number of rotatable bonds is 30. The van der Waals surface area contributed by atoms with E-state index in [0.29, 0.717) is 32.1 Å². The van der Waals surface area contributed by atoms with Gasteiger partial charge in [0.15, 0.2) is 6.29 Å². The summed E-state index contributed by atoms with van der Waals surface area (Å²) >= 11 is 0. The van der Waals surface area contributed by atoms with E-state index in [2.05, 4.69) is 20.8 Å². The number of allylic oxidation sites excluding steroid dienone is 2. The molecule has 1 saturated heterocycles. The van der Waals surface area contributed by atoms with Gasteiger partial charge in [0.1, 0.15) is 19.3 Å². The third-order valence-corrected chi connectivity index (χ3v) is 9.52. The van der Waals surface area contributed by atoms with Crippen molar-refractivity contribution >= 4 is 11.9 Å². The van der Waals surface area contributed by atoms with Gasteiger partial charge in [0.25, 0.3) is 0 Å². The second kappa shape index (κ2) is 29.9. The minimum absolute atomic E-state index is 0.137. The van der Waals surface area contributed by atoms with Gasteiger partial charge in [-0.3, -0.25) is 9.59 Å². The average Bonchev–Trinajstić information content (AvgIpc) is 3.08. The van der Waals surface area contributed by atoms with Crippen molar-refractivity contribution in [1.82, 2.24) is 0 Å². The van der Waals surface area contributed by atoms with Gasteiger partial charge in [0.2, 0.25) is 0 Å². The highest BCUT2D eigenvalue weighted by molar-refractivity contribution is 5.69. The van der Waals surface area contributed by atoms with Gasteiger partial charge in [-0.25, -0.2) is 0 Å². The Labute approximate surface area is 297 Å². The number of carbonyl (C=O) groups excluding carboxylic acids is 2. The summed E-state index contributed by atoms with van der Waals surface area (Å²) in [5, 5.41) is 40.7. The minimum atomic E-state index is -1.05. The summed E-state index contributed by atoms with van der Waals surface area (Å²) in [5.74, 6) is -0.148. The SMILES string of the molecule is CCCCC[C@H](O)/C=C/[C@H]1OC(O)C[C@H](O)[C@@H]1C/C=C\CCCC(=O)OC[C@@H](O)COC(=O)CCCCCCCCCCCCC(C)CC. The Morgan fingerprint density at radius 2 is 1.35 bits per heavy atom. The van der Waals surface area contributed by atoms with E-state index in [0.717, 1.165) is 44.4 Å². The molecule has 286 valence electrons. The second-order valence-corrected chi connectivity index (χ2v) is 14.2. The molecule has 0 radical (unpaired) electrons. The van der Waals surface area contributed by atoms with Gasteiger partial charge in [-0.2, -0.15) is 0 Å². The summed E-state index contributed by atoms with van der Waals surface area (Å²) in [6, 6.07) is 0. The van der Waals surface area contributed by atoms with Crippen LogP contribution in [-0.4, -0.2) is 76.3 Å². The van der Waals surface area contributed by atoms with Crippen molar-refractivity contribution in [2.45, 2.75) is 193 Å². The first-order valence-corrected chi connectivity index (χ1v) is 19.7. The Morgan fingerprint density at radius 1 is 0.776 bits per heavy atom. The zero-order valence-corrected chi connectivity index (χ0v) is 31.2. The monoisotopic (exact) mass is 697 g/mol. The second-order valence-electron chi connectivity index (χ2n) is 14.2. The molecule has 1 rings (SSSR count). The summed E-state index contributed by atoms with van der Waals surface area (Å²) in [6.45, 7) is 6.31. The van der Waals surface area contributed by atoms with Crippen molar-refractivity contribution in [3.63, 3.8) is 0 Å². The molecule has 0 aromatic carbocycles. The Hall–Kier alpha value is -1.78. The van der Waals surface area contributed by atoms with E-state index >= 15 is 0 Å². The molecule has 1 aliphatic heterocycles. The van der Waals surface area contributed by atoms with Gasteiger partial charge in [-0.15, -0.1) is 0 Å². The Morgan fingerprint density at radius 3 is 1.96 bits per heavy atom. The summed E-state index contributed by atoms with van der Waals surface area (Å²) < 4.78 is 15.9. The molecule has 0 aromatic heterocycles. The fourth-order valence-corrected chi connectivity index (χ4v) is 6.04. The highest BCUT2D eigenvalue weighted by Crippen LogP contribution is 2.29. The Balaban J connectivity index is 2.09. The molecule has 9 heteroatoms. The number of esters is 2. The van der Waals surface area contributed by atoms with Crippen LogP contribution in [0.3, 0.4) is 0 Å². The van der Waals surface area contributed by atoms with E-state index in [1.54, 1.807) is 12.2 Å². The van der Waals surface area contributed by atoms with Crippen LogP contribution in [-0.2, 0) is 23.8 Å². The summed E-state index contributed by atoms with van der Waals surface area (Å²) in [6.07, 6.45) is 24.3. The molecule has 0 aromatic rings. The van der Waals surface area contributed by atoms with Crippen molar-refractivity contribution in [1.29, 1.82) is 0 Å². The highest BCUT2D eigenvalue weighted by Gasteiger charge is 2.35. The van der Waals surface area contributed by atoms with Gasteiger partial charge < -0.3 is 34.6 Å². The van der Waals surface area contributed by atoms with Crippen LogP contribution in [0.25, 0.3) is 0 Å². The van der Waals surface area contributed by atoms with Crippen LogP contribution in [0.4, 0.5) is 0 Å². The smallest absolute Gasteiger partial charge is 0.305 e. The molecule has 0 bridgehead atoms. The molecule has 0 spiro atoms. The van der Waals surface area contributed by atoms with Crippen molar-refractivity contribution in [2.75, 3.05) is 13.2 Å².